The van der Waals surface area contributed by atoms with Gasteiger partial charge in [-0.05, 0) is 51.9 Å². The predicted molar refractivity (Wildman–Crippen MR) is 87.9 cm³/mol. The number of carbonyl (C=O) groups is 1. The molecule has 1 atom stereocenters. The van der Waals surface area contributed by atoms with E-state index in [2.05, 4.69) is 20.4 Å². The summed E-state index contributed by atoms with van der Waals surface area (Å²) in [5.74, 6) is 0. The first-order chi connectivity index (χ1) is 10.5. The SMILES string of the molecule is C=CCCC1(C)CCC2(CCN(C(=O)OCCCC)CC2)O1. The van der Waals surface area contributed by atoms with Crippen LogP contribution in [0.3, 0.4) is 0 Å². The first-order valence-corrected chi connectivity index (χ1v) is 8.75. The largest absolute Gasteiger partial charge is 0.449 e. The summed E-state index contributed by atoms with van der Waals surface area (Å²) in [5, 5.41) is 0. The molecule has 0 aromatic carbocycles. The van der Waals surface area contributed by atoms with Crippen LogP contribution in [0.2, 0.25) is 0 Å². The van der Waals surface area contributed by atoms with Gasteiger partial charge in [0.1, 0.15) is 0 Å². The number of hydrogen-bond donors (Lipinski definition) is 0. The topological polar surface area (TPSA) is 38.8 Å². The third-order valence-corrected chi connectivity index (χ3v) is 5.11. The fraction of sp³-hybridized carbons (Fsp3) is 0.833. The lowest BCUT2D eigenvalue weighted by Gasteiger charge is -2.40. The molecule has 22 heavy (non-hydrogen) atoms. The Hall–Kier alpha value is -1.03. The van der Waals surface area contributed by atoms with Crippen molar-refractivity contribution in [3.63, 3.8) is 0 Å². The molecule has 0 saturated carbocycles. The summed E-state index contributed by atoms with van der Waals surface area (Å²) in [5.41, 5.74) is -0.0336. The molecule has 2 fully saturated rings. The molecular formula is C18H31NO3. The van der Waals surface area contributed by atoms with Crippen LogP contribution in [0.25, 0.3) is 0 Å². The van der Waals surface area contributed by atoms with E-state index in [0.717, 1.165) is 64.5 Å². The van der Waals surface area contributed by atoms with Crippen LogP contribution in [-0.4, -0.2) is 41.9 Å². The van der Waals surface area contributed by atoms with Crippen molar-refractivity contribution >= 4 is 6.09 Å². The van der Waals surface area contributed by atoms with Crippen LogP contribution in [0.5, 0.6) is 0 Å². The Bertz CT molecular complexity index is 388. The minimum atomic E-state index is -0.157. The third-order valence-electron chi connectivity index (χ3n) is 5.11. The fourth-order valence-corrected chi connectivity index (χ4v) is 3.54. The number of amides is 1. The van der Waals surface area contributed by atoms with Crippen LogP contribution in [0.4, 0.5) is 4.79 Å². The predicted octanol–water partition coefficient (Wildman–Crippen LogP) is 4.29. The van der Waals surface area contributed by atoms with Crippen molar-refractivity contribution in [3.05, 3.63) is 12.7 Å². The van der Waals surface area contributed by atoms with E-state index in [1.165, 1.54) is 0 Å². The summed E-state index contributed by atoms with van der Waals surface area (Å²) in [6, 6.07) is 0. The second-order valence-corrected chi connectivity index (χ2v) is 7.02. The van der Waals surface area contributed by atoms with E-state index in [9.17, 15) is 4.79 Å². The summed E-state index contributed by atoms with van der Waals surface area (Å²) >= 11 is 0. The van der Waals surface area contributed by atoms with Crippen LogP contribution < -0.4 is 0 Å². The number of nitrogens with zero attached hydrogens (tertiary/aromatic N) is 1. The average molecular weight is 309 g/mol. The minimum Gasteiger partial charge on any atom is -0.449 e. The van der Waals surface area contributed by atoms with Crippen LogP contribution in [0, 0.1) is 0 Å². The van der Waals surface area contributed by atoms with Gasteiger partial charge in [0, 0.05) is 13.1 Å². The molecule has 0 radical (unpaired) electrons. The first kappa shape index (κ1) is 17.3. The van der Waals surface area contributed by atoms with Gasteiger partial charge >= 0.3 is 6.09 Å². The van der Waals surface area contributed by atoms with Gasteiger partial charge in [0.25, 0.3) is 0 Å². The molecule has 0 bridgehead atoms. The minimum absolute atomic E-state index is 0.0159. The maximum Gasteiger partial charge on any atom is 0.409 e. The molecule has 0 N–H and O–H groups in total. The number of ether oxygens (including phenoxy) is 2. The van der Waals surface area contributed by atoms with Crippen LogP contribution >= 0.6 is 0 Å². The van der Waals surface area contributed by atoms with Gasteiger partial charge in [-0.15, -0.1) is 6.58 Å². The Labute approximate surface area is 134 Å². The maximum absolute atomic E-state index is 12.0. The molecule has 4 heteroatoms. The van der Waals surface area contributed by atoms with Gasteiger partial charge in [0.05, 0.1) is 17.8 Å². The normalized spacial score (nSPS) is 27.1. The second kappa shape index (κ2) is 7.49. The Morgan fingerprint density at radius 3 is 2.68 bits per heavy atom. The molecule has 2 aliphatic rings. The highest BCUT2D eigenvalue weighted by Crippen LogP contribution is 2.45. The highest BCUT2D eigenvalue weighted by atomic mass is 16.6. The van der Waals surface area contributed by atoms with Crippen LogP contribution in [0.1, 0.15) is 65.2 Å². The van der Waals surface area contributed by atoms with E-state index in [-0.39, 0.29) is 17.3 Å². The van der Waals surface area contributed by atoms with Gasteiger partial charge in [0.2, 0.25) is 0 Å². The lowest BCUT2D eigenvalue weighted by atomic mass is 9.87. The second-order valence-electron chi connectivity index (χ2n) is 7.02. The summed E-state index contributed by atoms with van der Waals surface area (Å²) in [7, 11) is 0. The van der Waals surface area contributed by atoms with Crippen molar-refractivity contribution in [1.29, 1.82) is 0 Å². The zero-order valence-corrected chi connectivity index (χ0v) is 14.2. The smallest absolute Gasteiger partial charge is 0.409 e. The molecule has 0 aromatic rings. The molecule has 126 valence electrons. The lowest BCUT2D eigenvalue weighted by Crippen LogP contribution is -2.47. The van der Waals surface area contributed by atoms with E-state index in [1.807, 2.05) is 11.0 Å². The molecule has 2 rings (SSSR count). The Morgan fingerprint density at radius 2 is 2.05 bits per heavy atom. The molecule has 2 aliphatic heterocycles. The Kier molecular flexibility index (Phi) is 5.90. The highest BCUT2D eigenvalue weighted by Gasteiger charge is 2.48. The van der Waals surface area contributed by atoms with Crippen LogP contribution in [-0.2, 0) is 9.47 Å². The first-order valence-electron chi connectivity index (χ1n) is 8.75. The molecule has 2 heterocycles. The van der Waals surface area contributed by atoms with E-state index >= 15 is 0 Å². The molecule has 4 nitrogen and oxygen atoms in total. The molecule has 1 spiro atoms. The van der Waals surface area contributed by atoms with Gasteiger partial charge < -0.3 is 14.4 Å². The number of likely N-dealkylation sites (tertiary alicyclic amines) is 1. The zero-order valence-electron chi connectivity index (χ0n) is 14.2. The van der Waals surface area contributed by atoms with E-state index < -0.39 is 0 Å². The molecule has 0 aliphatic carbocycles. The van der Waals surface area contributed by atoms with E-state index in [4.69, 9.17) is 9.47 Å². The molecular weight excluding hydrogens is 278 g/mol. The van der Waals surface area contributed by atoms with Gasteiger partial charge in [-0.3, -0.25) is 0 Å². The zero-order chi connectivity index (χ0) is 16.1. The summed E-state index contributed by atoms with van der Waals surface area (Å²) < 4.78 is 11.8. The quantitative estimate of drug-likeness (QED) is 0.542. The Morgan fingerprint density at radius 1 is 1.32 bits per heavy atom. The fourth-order valence-electron chi connectivity index (χ4n) is 3.54. The molecule has 2 saturated heterocycles. The standard InChI is InChI=1S/C18H31NO3/c1-4-6-8-17(3)9-10-18(22-17)11-13-19(14-12-18)16(20)21-15-7-5-2/h4H,1,5-15H2,2-3H3. The number of unbranched alkanes of at least 4 members (excludes halogenated alkanes) is 1. The van der Waals surface area contributed by atoms with Crippen molar-refractivity contribution < 1.29 is 14.3 Å². The van der Waals surface area contributed by atoms with Crippen molar-refractivity contribution in [2.75, 3.05) is 19.7 Å². The number of carbonyl (C=O) groups excluding carboxylic acids is 1. The van der Waals surface area contributed by atoms with Crippen molar-refractivity contribution in [1.82, 2.24) is 4.90 Å². The number of allylic oxidation sites excluding steroid dienone is 1. The lowest BCUT2D eigenvalue weighted by molar-refractivity contribution is -0.120. The van der Waals surface area contributed by atoms with Gasteiger partial charge in [-0.1, -0.05) is 19.4 Å². The maximum atomic E-state index is 12.0. The van der Waals surface area contributed by atoms with E-state index in [0.29, 0.717) is 6.61 Å². The average Bonchev–Trinajstić information content (AvgIpc) is 2.83. The van der Waals surface area contributed by atoms with Crippen molar-refractivity contribution in [2.24, 2.45) is 0 Å². The van der Waals surface area contributed by atoms with Crippen molar-refractivity contribution in [2.45, 2.75) is 76.4 Å². The summed E-state index contributed by atoms with van der Waals surface area (Å²) in [4.78, 5) is 13.8. The van der Waals surface area contributed by atoms with Gasteiger partial charge in [-0.25, -0.2) is 4.79 Å². The molecule has 0 aromatic heterocycles. The molecule has 1 unspecified atom stereocenters. The highest BCUT2D eigenvalue weighted by molar-refractivity contribution is 5.67. The third kappa shape index (κ3) is 4.25. The number of piperidine rings is 1. The summed E-state index contributed by atoms with van der Waals surface area (Å²) in [6.07, 6.45) is 9.93. The van der Waals surface area contributed by atoms with Gasteiger partial charge in [0.15, 0.2) is 0 Å². The van der Waals surface area contributed by atoms with Crippen molar-refractivity contribution in [3.8, 4) is 0 Å². The van der Waals surface area contributed by atoms with E-state index in [1.54, 1.807) is 0 Å². The summed E-state index contributed by atoms with van der Waals surface area (Å²) in [6.45, 7) is 10.2. The van der Waals surface area contributed by atoms with Gasteiger partial charge in [-0.2, -0.15) is 0 Å². The number of hydrogen-bond acceptors (Lipinski definition) is 3. The monoisotopic (exact) mass is 309 g/mol. The van der Waals surface area contributed by atoms with Crippen LogP contribution in [0.15, 0.2) is 12.7 Å². The Balaban J connectivity index is 1.79. The number of rotatable bonds is 6. The molecule has 1 amide bonds.